The lowest BCUT2D eigenvalue weighted by atomic mass is 10.0. The highest BCUT2D eigenvalue weighted by Crippen LogP contribution is 2.28. The van der Waals surface area contributed by atoms with Gasteiger partial charge in [0.2, 0.25) is 5.91 Å². The van der Waals surface area contributed by atoms with E-state index in [0.29, 0.717) is 6.42 Å². The van der Waals surface area contributed by atoms with Gasteiger partial charge in [0.15, 0.2) is 0 Å². The van der Waals surface area contributed by atoms with E-state index in [1.165, 1.54) is 0 Å². The molecule has 0 aromatic heterocycles. The highest BCUT2D eigenvalue weighted by Gasteiger charge is 2.37. The quantitative estimate of drug-likeness (QED) is 0.727. The molecule has 0 spiro atoms. The van der Waals surface area contributed by atoms with Crippen LogP contribution in [0.5, 0.6) is 0 Å². The maximum atomic E-state index is 12.8. The molecule has 2 aromatic carbocycles. The first-order valence-electron chi connectivity index (χ1n) is 9.92. The Balaban J connectivity index is 1.72. The van der Waals surface area contributed by atoms with Crippen molar-refractivity contribution in [3.63, 3.8) is 0 Å². The van der Waals surface area contributed by atoms with Crippen LogP contribution in [0.1, 0.15) is 50.3 Å². The predicted octanol–water partition coefficient (Wildman–Crippen LogP) is 4.74. The number of benzene rings is 2. The van der Waals surface area contributed by atoms with E-state index in [1.807, 2.05) is 67.6 Å². The van der Waals surface area contributed by atoms with Crippen LogP contribution in [0.25, 0.3) is 0 Å². The van der Waals surface area contributed by atoms with E-state index in [1.54, 1.807) is 9.80 Å². The smallest absolute Gasteiger partial charge is 0.411 e. The molecular formula is C23H28N2O3. The summed E-state index contributed by atoms with van der Waals surface area (Å²) in [6.45, 7) is 4.56. The summed E-state index contributed by atoms with van der Waals surface area (Å²) in [5.74, 6) is 0.0851. The van der Waals surface area contributed by atoms with Crippen LogP contribution in [0.3, 0.4) is 0 Å². The first-order chi connectivity index (χ1) is 13.6. The van der Waals surface area contributed by atoms with Gasteiger partial charge in [-0.3, -0.25) is 9.69 Å². The molecule has 1 aliphatic heterocycles. The molecule has 1 saturated heterocycles. The highest BCUT2D eigenvalue weighted by atomic mass is 16.6. The van der Waals surface area contributed by atoms with Crippen molar-refractivity contribution in [3.05, 3.63) is 71.8 Å². The Morgan fingerprint density at radius 2 is 1.75 bits per heavy atom. The third-order valence-electron chi connectivity index (χ3n) is 5.29. The van der Waals surface area contributed by atoms with Crippen molar-refractivity contribution in [2.45, 2.75) is 51.8 Å². The van der Waals surface area contributed by atoms with E-state index < -0.39 is 0 Å². The minimum absolute atomic E-state index is 0.0851. The third-order valence-corrected chi connectivity index (χ3v) is 5.29. The Kier molecular flexibility index (Phi) is 6.69. The van der Waals surface area contributed by atoms with Crippen molar-refractivity contribution in [1.29, 1.82) is 0 Å². The Morgan fingerprint density at radius 1 is 1.11 bits per heavy atom. The Morgan fingerprint density at radius 3 is 2.39 bits per heavy atom. The number of hydrogen-bond donors (Lipinski definition) is 0. The Hall–Kier alpha value is -2.82. The van der Waals surface area contributed by atoms with Gasteiger partial charge in [0.25, 0.3) is 0 Å². The van der Waals surface area contributed by atoms with Crippen LogP contribution in [-0.4, -0.2) is 34.5 Å². The van der Waals surface area contributed by atoms with Gasteiger partial charge in [0.05, 0.1) is 12.7 Å². The number of ether oxygens (including phenoxy) is 1. The number of amides is 2. The van der Waals surface area contributed by atoms with E-state index in [4.69, 9.17) is 4.74 Å². The van der Waals surface area contributed by atoms with Gasteiger partial charge in [-0.1, -0.05) is 74.0 Å². The lowest BCUT2D eigenvalue weighted by molar-refractivity contribution is -0.142. The molecule has 1 heterocycles. The van der Waals surface area contributed by atoms with Crippen molar-refractivity contribution < 1.29 is 14.3 Å². The number of nitrogens with zero attached hydrogens (tertiary/aromatic N) is 2. The number of rotatable bonds is 6. The molecule has 0 aliphatic carbocycles. The first kappa shape index (κ1) is 19.9. The molecule has 0 radical (unpaired) electrons. The van der Waals surface area contributed by atoms with Crippen LogP contribution in [0.4, 0.5) is 4.79 Å². The van der Waals surface area contributed by atoms with Crippen LogP contribution in [0.15, 0.2) is 60.7 Å². The normalized spacial score (nSPS) is 18.1. The summed E-state index contributed by atoms with van der Waals surface area (Å²) in [5, 5.41) is 0. The van der Waals surface area contributed by atoms with Crippen molar-refractivity contribution in [3.8, 4) is 0 Å². The summed E-state index contributed by atoms with van der Waals surface area (Å²) in [6.07, 6.45) is 1.68. The van der Waals surface area contributed by atoms with Gasteiger partial charge in [-0.2, -0.15) is 0 Å². The van der Waals surface area contributed by atoms with E-state index in [-0.39, 0.29) is 37.4 Å². The molecule has 2 aromatic rings. The van der Waals surface area contributed by atoms with E-state index >= 15 is 0 Å². The average molecular weight is 380 g/mol. The molecule has 2 amide bonds. The fourth-order valence-corrected chi connectivity index (χ4v) is 3.64. The van der Waals surface area contributed by atoms with Crippen molar-refractivity contribution >= 4 is 12.0 Å². The second kappa shape index (κ2) is 9.40. The fourth-order valence-electron chi connectivity index (χ4n) is 3.64. The molecule has 2 atom stereocenters. The topological polar surface area (TPSA) is 49.9 Å². The highest BCUT2D eigenvalue weighted by molar-refractivity contribution is 5.80. The van der Waals surface area contributed by atoms with Gasteiger partial charge in [-0.25, -0.2) is 4.79 Å². The van der Waals surface area contributed by atoms with Gasteiger partial charge in [-0.15, -0.1) is 0 Å². The first-order valence-corrected chi connectivity index (χ1v) is 9.92. The summed E-state index contributed by atoms with van der Waals surface area (Å²) in [7, 11) is 0. The molecule has 0 N–H and O–H groups in total. The summed E-state index contributed by atoms with van der Waals surface area (Å²) in [4.78, 5) is 29.1. The molecule has 1 aliphatic rings. The summed E-state index contributed by atoms with van der Waals surface area (Å²) in [5.41, 5.74) is 2.01. The van der Waals surface area contributed by atoms with Crippen molar-refractivity contribution in [2.24, 2.45) is 0 Å². The largest absolute Gasteiger partial charge is 0.444 e. The zero-order valence-electron chi connectivity index (χ0n) is 16.6. The standard InChI is InChI=1S/C23H28N2O3/c1-3-10-21-15-22(26)24(18(2)20-13-8-5-9-14-20)17-25(21)23(27)28-16-19-11-6-4-7-12-19/h4-9,11-14,18,21H,3,10,15-17H2,1-2H3/t18-,21+/m0/s1. The molecule has 148 valence electrons. The molecule has 0 bridgehead atoms. The molecule has 5 nitrogen and oxygen atoms in total. The molecular weight excluding hydrogens is 352 g/mol. The SMILES string of the molecule is CCC[C@@H]1CC(=O)N([C@@H](C)c2ccccc2)CN1C(=O)OCc1ccccc1. The van der Waals surface area contributed by atoms with E-state index in [0.717, 1.165) is 24.0 Å². The fraction of sp³-hybridized carbons (Fsp3) is 0.391. The second-order valence-corrected chi connectivity index (χ2v) is 7.25. The van der Waals surface area contributed by atoms with Gasteiger partial charge in [0, 0.05) is 12.5 Å². The van der Waals surface area contributed by atoms with Crippen LogP contribution in [-0.2, 0) is 16.1 Å². The van der Waals surface area contributed by atoms with Crippen LogP contribution in [0, 0.1) is 0 Å². The third kappa shape index (κ3) is 4.71. The zero-order chi connectivity index (χ0) is 19.9. The molecule has 3 rings (SSSR count). The summed E-state index contributed by atoms with van der Waals surface area (Å²) in [6, 6.07) is 19.3. The van der Waals surface area contributed by atoms with Crippen molar-refractivity contribution in [2.75, 3.05) is 6.67 Å². The maximum absolute atomic E-state index is 12.8. The Labute approximate surface area is 166 Å². The number of carbonyl (C=O) groups excluding carboxylic acids is 2. The zero-order valence-corrected chi connectivity index (χ0v) is 16.6. The second-order valence-electron chi connectivity index (χ2n) is 7.25. The lowest BCUT2D eigenvalue weighted by Gasteiger charge is -2.43. The minimum Gasteiger partial charge on any atom is -0.444 e. The maximum Gasteiger partial charge on any atom is 0.411 e. The average Bonchev–Trinajstić information content (AvgIpc) is 2.73. The predicted molar refractivity (Wildman–Crippen MR) is 108 cm³/mol. The minimum atomic E-state index is -0.361. The molecule has 0 unspecified atom stereocenters. The van der Waals surface area contributed by atoms with Gasteiger partial charge in [-0.05, 0) is 24.5 Å². The summed E-state index contributed by atoms with van der Waals surface area (Å²) < 4.78 is 5.56. The van der Waals surface area contributed by atoms with Gasteiger partial charge >= 0.3 is 6.09 Å². The Bertz CT molecular complexity index is 779. The van der Waals surface area contributed by atoms with Crippen molar-refractivity contribution in [1.82, 2.24) is 9.80 Å². The van der Waals surface area contributed by atoms with E-state index in [2.05, 4.69) is 6.92 Å². The lowest BCUT2D eigenvalue weighted by Crippen LogP contribution is -2.56. The van der Waals surface area contributed by atoms with Crippen LogP contribution in [0.2, 0.25) is 0 Å². The van der Waals surface area contributed by atoms with Crippen LogP contribution < -0.4 is 0 Å². The van der Waals surface area contributed by atoms with E-state index in [9.17, 15) is 9.59 Å². The van der Waals surface area contributed by atoms with Crippen LogP contribution >= 0.6 is 0 Å². The molecule has 1 fully saturated rings. The van der Waals surface area contributed by atoms with Gasteiger partial charge < -0.3 is 9.64 Å². The molecule has 5 heteroatoms. The molecule has 0 saturated carbocycles. The monoisotopic (exact) mass is 380 g/mol. The molecule has 28 heavy (non-hydrogen) atoms. The van der Waals surface area contributed by atoms with Gasteiger partial charge in [0.1, 0.15) is 6.61 Å². The summed E-state index contributed by atoms with van der Waals surface area (Å²) >= 11 is 0. The number of hydrogen-bond acceptors (Lipinski definition) is 3. The number of carbonyl (C=O) groups is 2.